The molecule has 1 N–H and O–H groups in total. The van der Waals surface area contributed by atoms with Crippen LogP contribution in [0, 0.1) is 6.92 Å². The molecule has 3 aromatic rings. The Balaban J connectivity index is 1.94. The van der Waals surface area contributed by atoms with E-state index in [-0.39, 0.29) is 12.1 Å². The van der Waals surface area contributed by atoms with Crippen molar-refractivity contribution in [2.24, 2.45) is 0 Å². The second-order valence-electron chi connectivity index (χ2n) is 5.34. The Hall–Kier alpha value is -2.67. The number of nitrogens with zero attached hydrogens (tertiary/aromatic N) is 1. The minimum Gasteiger partial charge on any atom is -0.462 e. The van der Waals surface area contributed by atoms with Crippen LogP contribution in [0.1, 0.15) is 27.7 Å². The number of esters is 1. The quantitative estimate of drug-likeness (QED) is 0.736. The fraction of sp³-hybridized carbons (Fsp3) is 0.235. The van der Waals surface area contributed by atoms with Gasteiger partial charge in [0.1, 0.15) is 4.83 Å². The molecule has 0 saturated carbocycles. The molecule has 3 rings (SSSR count). The summed E-state index contributed by atoms with van der Waals surface area (Å²) in [6, 6.07) is 8.45. The van der Waals surface area contributed by atoms with Gasteiger partial charge >= 0.3 is 11.7 Å². The average molecular weight is 344 g/mol. The van der Waals surface area contributed by atoms with Crippen LogP contribution >= 0.6 is 11.3 Å². The van der Waals surface area contributed by atoms with Crippen molar-refractivity contribution in [3.8, 4) is 0 Å². The molecule has 1 aromatic carbocycles. The van der Waals surface area contributed by atoms with Crippen LogP contribution < -0.4 is 11.2 Å². The van der Waals surface area contributed by atoms with E-state index in [1.807, 2.05) is 6.92 Å². The van der Waals surface area contributed by atoms with Crippen LogP contribution in [0.25, 0.3) is 10.2 Å². The van der Waals surface area contributed by atoms with Gasteiger partial charge < -0.3 is 4.74 Å². The highest BCUT2D eigenvalue weighted by molar-refractivity contribution is 7.18. The third-order valence-electron chi connectivity index (χ3n) is 3.60. The number of carbonyl (C=O) groups excluding carboxylic acids is 1. The topological polar surface area (TPSA) is 81.2 Å². The minimum atomic E-state index is -0.441. The van der Waals surface area contributed by atoms with Gasteiger partial charge in [-0.1, -0.05) is 12.1 Å². The molecule has 0 aliphatic carbocycles. The average Bonchev–Trinajstić information content (AvgIpc) is 2.93. The predicted octanol–water partition coefficient (Wildman–Crippen LogP) is 2.28. The summed E-state index contributed by atoms with van der Waals surface area (Å²) in [6.07, 6.45) is 0. The van der Waals surface area contributed by atoms with Gasteiger partial charge in [-0.15, -0.1) is 11.3 Å². The molecule has 0 spiro atoms. The van der Waals surface area contributed by atoms with E-state index in [0.29, 0.717) is 22.4 Å². The summed E-state index contributed by atoms with van der Waals surface area (Å²) in [5.74, 6) is -0.394. The normalized spacial score (nSPS) is 10.9. The Kier molecular flexibility index (Phi) is 4.35. The maximum absolute atomic E-state index is 12.5. The molecular weight excluding hydrogens is 328 g/mol. The highest BCUT2D eigenvalue weighted by atomic mass is 32.1. The van der Waals surface area contributed by atoms with Crippen LogP contribution in [0.15, 0.2) is 39.9 Å². The third-order valence-corrected chi connectivity index (χ3v) is 4.57. The number of rotatable bonds is 4. The van der Waals surface area contributed by atoms with Gasteiger partial charge in [0.05, 0.1) is 24.1 Å². The first kappa shape index (κ1) is 16.2. The van der Waals surface area contributed by atoms with Crippen molar-refractivity contribution < 1.29 is 9.53 Å². The summed E-state index contributed by atoms with van der Waals surface area (Å²) in [5, 5.41) is 0.514. The molecule has 0 amide bonds. The number of fused-ring (bicyclic) bond motifs is 1. The smallest absolute Gasteiger partial charge is 0.338 e. The number of nitrogens with one attached hydrogen (secondary N) is 1. The van der Waals surface area contributed by atoms with Gasteiger partial charge in [0, 0.05) is 4.88 Å². The summed E-state index contributed by atoms with van der Waals surface area (Å²) < 4.78 is 6.09. The molecule has 0 unspecified atom stereocenters. The van der Waals surface area contributed by atoms with Crippen LogP contribution in [0.3, 0.4) is 0 Å². The number of H-pyrrole nitrogens is 1. The van der Waals surface area contributed by atoms with Gasteiger partial charge in [-0.3, -0.25) is 14.3 Å². The fourth-order valence-electron chi connectivity index (χ4n) is 2.46. The highest BCUT2D eigenvalue weighted by Crippen LogP contribution is 2.18. The summed E-state index contributed by atoms with van der Waals surface area (Å²) in [5.41, 5.74) is 0.434. The van der Waals surface area contributed by atoms with Gasteiger partial charge in [0.15, 0.2) is 0 Å². The maximum Gasteiger partial charge on any atom is 0.338 e. The number of carbonyl (C=O) groups is 1. The Labute approximate surface area is 141 Å². The Morgan fingerprint density at radius 2 is 1.96 bits per heavy atom. The molecule has 0 bridgehead atoms. The van der Waals surface area contributed by atoms with Crippen molar-refractivity contribution in [2.75, 3.05) is 6.61 Å². The molecule has 2 aromatic heterocycles. The Bertz CT molecular complexity index is 1010. The van der Waals surface area contributed by atoms with E-state index >= 15 is 0 Å². The SMILES string of the molecule is CCOC(=O)c1ccc(Cn2c(=O)[nH]c3sc(C)cc3c2=O)cc1. The van der Waals surface area contributed by atoms with E-state index in [2.05, 4.69) is 4.98 Å². The molecule has 0 radical (unpaired) electrons. The van der Waals surface area contributed by atoms with Gasteiger partial charge in [0.2, 0.25) is 0 Å². The van der Waals surface area contributed by atoms with Crippen molar-refractivity contribution in [1.29, 1.82) is 0 Å². The summed E-state index contributed by atoms with van der Waals surface area (Å²) >= 11 is 1.38. The van der Waals surface area contributed by atoms with Crippen LogP contribution in [0.2, 0.25) is 0 Å². The van der Waals surface area contributed by atoms with Gasteiger partial charge in [0.25, 0.3) is 5.56 Å². The van der Waals surface area contributed by atoms with Crippen molar-refractivity contribution in [2.45, 2.75) is 20.4 Å². The molecule has 124 valence electrons. The molecular formula is C17H16N2O4S. The molecule has 6 nitrogen and oxygen atoms in total. The highest BCUT2D eigenvalue weighted by Gasteiger charge is 2.11. The molecule has 2 heterocycles. The lowest BCUT2D eigenvalue weighted by Crippen LogP contribution is -2.34. The molecule has 0 saturated heterocycles. The number of aromatic nitrogens is 2. The van der Waals surface area contributed by atoms with Gasteiger partial charge in [-0.2, -0.15) is 0 Å². The van der Waals surface area contributed by atoms with Crippen molar-refractivity contribution >= 4 is 27.5 Å². The van der Waals surface area contributed by atoms with E-state index in [0.717, 1.165) is 15.0 Å². The summed E-state index contributed by atoms with van der Waals surface area (Å²) in [7, 11) is 0. The molecule has 0 fully saturated rings. The van der Waals surface area contributed by atoms with E-state index in [9.17, 15) is 14.4 Å². The number of thiophene rings is 1. The first-order chi connectivity index (χ1) is 11.5. The molecule has 24 heavy (non-hydrogen) atoms. The van der Waals surface area contributed by atoms with Crippen molar-refractivity contribution in [1.82, 2.24) is 9.55 Å². The number of benzene rings is 1. The number of hydrogen-bond donors (Lipinski definition) is 1. The zero-order valence-electron chi connectivity index (χ0n) is 13.3. The van der Waals surface area contributed by atoms with E-state index < -0.39 is 11.7 Å². The first-order valence-corrected chi connectivity index (χ1v) is 8.30. The minimum absolute atomic E-state index is 0.141. The van der Waals surface area contributed by atoms with E-state index in [1.165, 1.54) is 11.3 Å². The molecule has 0 aliphatic heterocycles. The van der Waals surface area contributed by atoms with Crippen LogP contribution in [-0.4, -0.2) is 22.1 Å². The number of hydrogen-bond acceptors (Lipinski definition) is 5. The number of aromatic amines is 1. The second-order valence-corrected chi connectivity index (χ2v) is 6.60. The van der Waals surface area contributed by atoms with Crippen molar-refractivity contribution in [3.63, 3.8) is 0 Å². The second kappa shape index (κ2) is 6.45. The van der Waals surface area contributed by atoms with Crippen LogP contribution in [0.4, 0.5) is 0 Å². The lowest BCUT2D eigenvalue weighted by molar-refractivity contribution is 0.0526. The van der Waals surface area contributed by atoms with E-state index in [1.54, 1.807) is 37.3 Å². The van der Waals surface area contributed by atoms with Gasteiger partial charge in [-0.05, 0) is 37.6 Å². The summed E-state index contributed by atoms with van der Waals surface area (Å²) in [6.45, 7) is 4.08. The van der Waals surface area contributed by atoms with Crippen LogP contribution in [-0.2, 0) is 11.3 Å². The Morgan fingerprint density at radius 1 is 1.25 bits per heavy atom. The van der Waals surface area contributed by atoms with Gasteiger partial charge in [-0.25, -0.2) is 9.59 Å². The molecule has 0 atom stereocenters. The Morgan fingerprint density at radius 3 is 2.62 bits per heavy atom. The first-order valence-electron chi connectivity index (χ1n) is 7.49. The molecule has 0 aliphatic rings. The molecule has 7 heteroatoms. The third kappa shape index (κ3) is 3.03. The van der Waals surface area contributed by atoms with Crippen LogP contribution in [0.5, 0.6) is 0 Å². The predicted molar refractivity (Wildman–Crippen MR) is 92.9 cm³/mol. The fourth-order valence-corrected chi connectivity index (χ4v) is 3.35. The standard InChI is InChI=1S/C17H16N2O4S/c1-3-23-16(21)12-6-4-11(5-7-12)9-19-15(20)13-8-10(2)24-14(13)18-17(19)22/h4-8H,3,9H2,1-2H3,(H,18,22). The lowest BCUT2D eigenvalue weighted by atomic mass is 10.1. The van der Waals surface area contributed by atoms with E-state index in [4.69, 9.17) is 4.74 Å². The zero-order chi connectivity index (χ0) is 17.3. The number of ether oxygens (including phenoxy) is 1. The monoisotopic (exact) mass is 344 g/mol. The largest absolute Gasteiger partial charge is 0.462 e. The number of aryl methyl sites for hydroxylation is 1. The lowest BCUT2D eigenvalue weighted by Gasteiger charge is -2.06. The summed E-state index contributed by atoms with van der Waals surface area (Å²) in [4.78, 5) is 40.6. The maximum atomic E-state index is 12.5. The zero-order valence-corrected chi connectivity index (χ0v) is 14.1. The van der Waals surface area contributed by atoms with Crippen molar-refractivity contribution in [3.05, 3.63) is 67.2 Å².